The maximum absolute atomic E-state index is 12.1. The third-order valence-corrected chi connectivity index (χ3v) is 4.62. The number of benzene rings is 1. The molecule has 1 aliphatic heterocycles. The summed E-state index contributed by atoms with van der Waals surface area (Å²) in [4.78, 5) is 12.7. The van der Waals surface area contributed by atoms with Crippen molar-refractivity contribution in [3.05, 3.63) is 29.8 Å². The predicted octanol–water partition coefficient (Wildman–Crippen LogP) is 1.71. The minimum absolute atomic E-state index is 0.0268. The minimum Gasteiger partial charge on any atom is -0.481 e. The van der Waals surface area contributed by atoms with Crippen LogP contribution in [0.25, 0.3) is 0 Å². The number of carbonyl (C=O) groups is 1. The van der Waals surface area contributed by atoms with Gasteiger partial charge in [-0.15, -0.1) is 4.40 Å². The molecular formula is C14H18N2O4S. The molecule has 0 atom stereocenters. The van der Waals surface area contributed by atoms with Gasteiger partial charge in [0.15, 0.2) is 5.84 Å². The van der Waals surface area contributed by atoms with Crippen molar-refractivity contribution in [3.63, 3.8) is 0 Å². The Bertz CT molecular complexity index is 680. The van der Waals surface area contributed by atoms with Crippen molar-refractivity contribution in [1.29, 1.82) is 0 Å². The zero-order valence-electron chi connectivity index (χ0n) is 12.0. The zero-order chi connectivity index (χ0) is 15.6. The summed E-state index contributed by atoms with van der Waals surface area (Å²) in [7, 11) is -3.64. The first kappa shape index (κ1) is 15.5. The summed E-state index contributed by atoms with van der Waals surface area (Å²) < 4.78 is 28.0. The van der Waals surface area contributed by atoms with E-state index in [1.54, 1.807) is 18.2 Å². The quantitative estimate of drug-likeness (QED) is 0.894. The van der Waals surface area contributed by atoms with Crippen LogP contribution in [-0.4, -0.2) is 42.8 Å². The van der Waals surface area contributed by atoms with Gasteiger partial charge in [-0.05, 0) is 32.4 Å². The molecule has 0 spiro atoms. The molecule has 114 valence electrons. The highest BCUT2D eigenvalue weighted by atomic mass is 32.2. The molecule has 0 aliphatic carbocycles. The Labute approximate surface area is 124 Å². The molecular weight excluding hydrogens is 292 g/mol. The van der Waals surface area contributed by atoms with Crippen molar-refractivity contribution >= 4 is 21.8 Å². The van der Waals surface area contributed by atoms with Gasteiger partial charge in [0.2, 0.25) is 0 Å². The monoisotopic (exact) mass is 310 g/mol. The van der Waals surface area contributed by atoms with Crippen molar-refractivity contribution < 1.29 is 18.3 Å². The normalized spacial score (nSPS) is 15.7. The lowest BCUT2D eigenvalue weighted by Crippen LogP contribution is -2.37. The van der Waals surface area contributed by atoms with Crippen LogP contribution in [0.4, 0.5) is 0 Å². The maximum atomic E-state index is 12.1. The minimum atomic E-state index is -3.64. The molecule has 21 heavy (non-hydrogen) atoms. The number of fused-ring (bicyclic) bond motifs is 1. The van der Waals surface area contributed by atoms with Crippen molar-refractivity contribution in [2.75, 3.05) is 6.54 Å². The molecule has 0 saturated carbocycles. The number of hydrogen-bond acceptors (Lipinski definition) is 4. The molecule has 7 heteroatoms. The Kier molecular flexibility index (Phi) is 4.32. The number of sulfonamides is 1. The first-order valence-electron chi connectivity index (χ1n) is 6.76. The highest BCUT2D eigenvalue weighted by molar-refractivity contribution is 7.90. The second kappa shape index (κ2) is 5.85. The Morgan fingerprint density at radius 3 is 2.62 bits per heavy atom. The Morgan fingerprint density at radius 2 is 2.00 bits per heavy atom. The van der Waals surface area contributed by atoms with E-state index in [9.17, 15) is 13.2 Å². The average Bonchev–Trinajstić information content (AvgIpc) is 2.67. The molecule has 2 rings (SSSR count). The molecule has 1 aromatic carbocycles. The van der Waals surface area contributed by atoms with Crippen molar-refractivity contribution in [3.8, 4) is 0 Å². The number of amidine groups is 1. The second-order valence-electron chi connectivity index (χ2n) is 5.17. The summed E-state index contributed by atoms with van der Waals surface area (Å²) in [5, 5.41) is 8.73. The van der Waals surface area contributed by atoms with Gasteiger partial charge in [-0.3, -0.25) is 4.79 Å². The SMILES string of the molecule is CC(C)N(CCCC(=O)O)C1=NS(=O)(=O)c2ccccc21. The molecule has 1 N–H and O–H groups in total. The second-order valence-corrected chi connectivity index (χ2v) is 6.74. The molecule has 6 nitrogen and oxygen atoms in total. The van der Waals surface area contributed by atoms with E-state index < -0.39 is 16.0 Å². The van der Waals surface area contributed by atoms with Crippen molar-refractivity contribution in [1.82, 2.24) is 4.90 Å². The number of nitrogens with zero attached hydrogens (tertiary/aromatic N) is 2. The third kappa shape index (κ3) is 3.24. The molecule has 0 saturated heterocycles. The Balaban J connectivity index is 2.32. The third-order valence-electron chi connectivity index (χ3n) is 3.30. The van der Waals surface area contributed by atoms with Gasteiger partial charge < -0.3 is 10.0 Å². The van der Waals surface area contributed by atoms with Crippen LogP contribution in [0.5, 0.6) is 0 Å². The van der Waals surface area contributed by atoms with Crippen LogP contribution in [0.3, 0.4) is 0 Å². The maximum Gasteiger partial charge on any atom is 0.303 e. The Hall–Kier alpha value is -1.89. The van der Waals surface area contributed by atoms with Crippen LogP contribution in [0.1, 0.15) is 32.3 Å². The lowest BCUT2D eigenvalue weighted by Gasteiger charge is -2.28. The lowest BCUT2D eigenvalue weighted by molar-refractivity contribution is -0.137. The van der Waals surface area contributed by atoms with Gasteiger partial charge in [0.1, 0.15) is 4.90 Å². The van der Waals surface area contributed by atoms with E-state index in [0.29, 0.717) is 24.4 Å². The summed E-state index contributed by atoms with van der Waals surface area (Å²) >= 11 is 0. The summed E-state index contributed by atoms with van der Waals surface area (Å²) in [6.45, 7) is 4.31. The number of carboxylic acids is 1. The summed E-state index contributed by atoms with van der Waals surface area (Å²) in [5.74, 6) is -0.453. The predicted molar refractivity (Wildman–Crippen MR) is 78.9 cm³/mol. The van der Waals surface area contributed by atoms with Crippen LogP contribution in [0.15, 0.2) is 33.6 Å². The van der Waals surface area contributed by atoms with Gasteiger partial charge in [0, 0.05) is 24.6 Å². The van der Waals surface area contributed by atoms with Gasteiger partial charge in [-0.25, -0.2) is 0 Å². The number of rotatable bonds is 5. The molecule has 0 aromatic heterocycles. The van der Waals surface area contributed by atoms with Gasteiger partial charge in [0.25, 0.3) is 10.0 Å². The highest BCUT2D eigenvalue weighted by Crippen LogP contribution is 2.28. The van der Waals surface area contributed by atoms with Crippen LogP contribution < -0.4 is 0 Å². The zero-order valence-corrected chi connectivity index (χ0v) is 12.8. The van der Waals surface area contributed by atoms with E-state index in [1.807, 2.05) is 18.7 Å². The average molecular weight is 310 g/mol. The van der Waals surface area contributed by atoms with E-state index >= 15 is 0 Å². The summed E-state index contributed by atoms with van der Waals surface area (Å²) in [6.07, 6.45) is 0.486. The molecule has 1 aliphatic rings. The largest absolute Gasteiger partial charge is 0.481 e. The van der Waals surface area contributed by atoms with E-state index in [4.69, 9.17) is 5.11 Å². The van der Waals surface area contributed by atoms with Gasteiger partial charge >= 0.3 is 5.97 Å². The summed E-state index contributed by atoms with van der Waals surface area (Å²) in [6, 6.07) is 6.73. The molecule has 0 fully saturated rings. The van der Waals surface area contributed by atoms with Crippen LogP contribution in [0, 0.1) is 0 Å². The van der Waals surface area contributed by atoms with Crippen LogP contribution in [-0.2, 0) is 14.8 Å². The molecule has 0 radical (unpaired) electrons. The van der Waals surface area contributed by atoms with Gasteiger partial charge in [-0.1, -0.05) is 12.1 Å². The standard InChI is InChI=1S/C14H18N2O4S/c1-10(2)16(9-5-8-13(17)18)14-11-6-3-4-7-12(11)21(19,20)15-14/h3-4,6-7,10H,5,8-9H2,1-2H3,(H,17,18). The van der Waals surface area contributed by atoms with Gasteiger partial charge in [0.05, 0.1) is 0 Å². The molecule has 0 bridgehead atoms. The summed E-state index contributed by atoms with van der Waals surface area (Å²) in [5.41, 5.74) is 0.585. The lowest BCUT2D eigenvalue weighted by atomic mass is 10.1. The fourth-order valence-electron chi connectivity index (χ4n) is 2.30. The number of hydrogen-bond donors (Lipinski definition) is 1. The van der Waals surface area contributed by atoms with Crippen molar-refractivity contribution in [2.45, 2.75) is 37.6 Å². The molecule has 1 aromatic rings. The number of aliphatic carboxylic acids is 1. The molecule has 0 amide bonds. The van der Waals surface area contributed by atoms with E-state index in [0.717, 1.165) is 0 Å². The Morgan fingerprint density at radius 1 is 1.33 bits per heavy atom. The smallest absolute Gasteiger partial charge is 0.303 e. The van der Waals surface area contributed by atoms with E-state index in [2.05, 4.69) is 4.40 Å². The van der Waals surface area contributed by atoms with Crippen molar-refractivity contribution in [2.24, 2.45) is 4.40 Å². The topological polar surface area (TPSA) is 87.0 Å². The highest BCUT2D eigenvalue weighted by Gasteiger charge is 2.32. The van der Waals surface area contributed by atoms with E-state index in [1.165, 1.54) is 6.07 Å². The first-order chi connectivity index (χ1) is 9.83. The van der Waals surface area contributed by atoms with Gasteiger partial charge in [-0.2, -0.15) is 8.42 Å². The fraction of sp³-hybridized carbons (Fsp3) is 0.429. The first-order valence-corrected chi connectivity index (χ1v) is 8.20. The molecule has 0 unspecified atom stereocenters. The van der Waals surface area contributed by atoms with Crippen LogP contribution in [0.2, 0.25) is 0 Å². The number of carboxylic acid groups (broad SMARTS) is 1. The van der Waals surface area contributed by atoms with E-state index in [-0.39, 0.29) is 17.4 Å². The fourth-order valence-corrected chi connectivity index (χ4v) is 3.52. The van der Waals surface area contributed by atoms with Crippen LogP contribution >= 0.6 is 0 Å². The molecule has 1 heterocycles.